The lowest BCUT2D eigenvalue weighted by Gasteiger charge is -2.23. The molecule has 0 aromatic heterocycles. The molecule has 104 valence electrons. The lowest BCUT2D eigenvalue weighted by atomic mass is 10.2. The van der Waals surface area contributed by atoms with E-state index in [0.717, 1.165) is 13.1 Å². The van der Waals surface area contributed by atoms with Crippen molar-refractivity contribution in [2.45, 2.75) is 31.8 Å². The molecule has 3 nitrogen and oxygen atoms in total. The highest BCUT2D eigenvalue weighted by Gasteiger charge is 2.29. The number of aromatic hydroxyl groups is 1. The molecular formula is C15H21FN2O. The van der Waals surface area contributed by atoms with Gasteiger partial charge in [0.25, 0.3) is 0 Å². The summed E-state index contributed by atoms with van der Waals surface area (Å²) >= 11 is 0. The molecule has 0 aliphatic carbocycles. The summed E-state index contributed by atoms with van der Waals surface area (Å²) in [6.45, 7) is 5.18. The molecule has 0 radical (unpaired) electrons. The minimum absolute atomic E-state index is 0.188. The van der Waals surface area contributed by atoms with Gasteiger partial charge in [0.2, 0.25) is 0 Å². The van der Waals surface area contributed by atoms with Crippen molar-refractivity contribution in [3.05, 3.63) is 29.6 Å². The van der Waals surface area contributed by atoms with Crippen LogP contribution in [-0.2, 0) is 6.54 Å². The van der Waals surface area contributed by atoms with Crippen molar-refractivity contribution in [2.24, 2.45) is 0 Å². The second kappa shape index (κ2) is 5.47. The first-order valence-electron chi connectivity index (χ1n) is 7.17. The molecule has 1 aromatic carbocycles. The van der Waals surface area contributed by atoms with Crippen molar-refractivity contribution in [3.63, 3.8) is 0 Å². The Labute approximate surface area is 113 Å². The van der Waals surface area contributed by atoms with Gasteiger partial charge in [-0.3, -0.25) is 9.80 Å². The number of likely N-dealkylation sites (tertiary alicyclic amines) is 2. The predicted octanol–water partition coefficient (Wildman–Crippen LogP) is 2.20. The number of rotatable bonds is 3. The Balaban J connectivity index is 1.60. The van der Waals surface area contributed by atoms with Crippen LogP contribution >= 0.6 is 0 Å². The topological polar surface area (TPSA) is 26.7 Å². The third-order valence-corrected chi connectivity index (χ3v) is 4.37. The fourth-order valence-electron chi connectivity index (χ4n) is 3.29. The molecule has 19 heavy (non-hydrogen) atoms. The molecule has 2 saturated heterocycles. The van der Waals surface area contributed by atoms with E-state index >= 15 is 0 Å². The maximum atomic E-state index is 13.3. The standard InChI is InChI=1S/C15H21FN2O/c16-14-5-3-4-12(15(14)19)10-17-9-6-13(11-17)18-7-1-2-8-18/h3-5,13,19H,1-2,6-11H2. The van der Waals surface area contributed by atoms with Crippen molar-refractivity contribution in [1.82, 2.24) is 9.80 Å². The van der Waals surface area contributed by atoms with Crippen molar-refractivity contribution in [1.29, 1.82) is 0 Å². The third-order valence-electron chi connectivity index (χ3n) is 4.37. The van der Waals surface area contributed by atoms with Crippen LogP contribution in [0.25, 0.3) is 0 Å². The average Bonchev–Trinajstić information content (AvgIpc) is 3.05. The van der Waals surface area contributed by atoms with Crippen LogP contribution in [0.4, 0.5) is 4.39 Å². The van der Waals surface area contributed by atoms with Gasteiger partial charge in [0.05, 0.1) is 0 Å². The van der Waals surface area contributed by atoms with Gasteiger partial charge in [-0.1, -0.05) is 12.1 Å². The number of nitrogens with zero attached hydrogens (tertiary/aromatic N) is 2. The Bertz CT molecular complexity index is 446. The van der Waals surface area contributed by atoms with Crippen LogP contribution in [0.2, 0.25) is 0 Å². The van der Waals surface area contributed by atoms with Crippen LogP contribution in [0.15, 0.2) is 18.2 Å². The second-order valence-corrected chi connectivity index (χ2v) is 5.67. The summed E-state index contributed by atoms with van der Waals surface area (Å²) in [6, 6.07) is 5.42. The van der Waals surface area contributed by atoms with Gasteiger partial charge in [0.15, 0.2) is 11.6 Å². The molecule has 0 bridgehead atoms. The monoisotopic (exact) mass is 264 g/mol. The Kier molecular flexibility index (Phi) is 3.71. The zero-order chi connectivity index (χ0) is 13.2. The number of benzene rings is 1. The molecule has 1 atom stereocenters. The smallest absolute Gasteiger partial charge is 0.165 e. The van der Waals surface area contributed by atoms with E-state index < -0.39 is 5.82 Å². The zero-order valence-corrected chi connectivity index (χ0v) is 11.2. The molecule has 2 aliphatic heterocycles. The van der Waals surface area contributed by atoms with Crippen LogP contribution in [-0.4, -0.2) is 47.1 Å². The van der Waals surface area contributed by atoms with E-state index in [-0.39, 0.29) is 5.75 Å². The van der Waals surface area contributed by atoms with Crippen molar-refractivity contribution in [2.75, 3.05) is 26.2 Å². The summed E-state index contributed by atoms with van der Waals surface area (Å²) in [4.78, 5) is 4.89. The molecule has 0 spiro atoms. The maximum absolute atomic E-state index is 13.3. The molecular weight excluding hydrogens is 243 g/mol. The van der Waals surface area contributed by atoms with Crippen LogP contribution in [0, 0.1) is 5.82 Å². The molecule has 2 fully saturated rings. The van der Waals surface area contributed by atoms with Gasteiger partial charge in [-0.05, 0) is 38.4 Å². The van der Waals surface area contributed by atoms with Gasteiger partial charge in [-0.25, -0.2) is 4.39 Å². The Morgan fingerprint density at radius 3 is 2.79 bits per heavy atom. The minimum Gasteiger partial charge on any atom is -0.505 e. The van der Waals surface area contributed by atoms with Crippen LogP contribution in [0.1, 0.15) is 24.8 Å². The van der Waals surface area contributed by atoms with Crippen LogP contribution in [0.3, 0.4) is 0 Å². The average molecular weight is 264 g/mol. The third kappa shape index (κ3) is 2.74. The van der Waals surface area contributed by atoms with Crippen molar-refractivity contribution in [3.8, 4) is 5.75 Å². The van der Waals surface area contributed by atoms with E-state index in [2.05, 4.69) is 9.80 Å². The summed E-state index contributed by atoms with van der Waals surface area (Å²) in [5.41, 5.74) is 0.696. The minimum atomic E-state index is -0.521. The Morgan fingerprint density at radius 2 is 2.00 bits per heavy atom. The SMILES string of the molecule is Oc1c(F)cccc1CN1CCC(N2CCCC2)C1. The van der Waals surface area contributed by atoms with Gasteiger partial charge < -0.3 is 5.11 Å². The quantitative estimate of drug-likeness (QED) is 0.906. The zero-order valence-electron chi connectivity index (χ0n) is 11.2. The first-order chi connectivity index (χ1) is 9.24. The van der Waals surface area contributed by atoms with Gasteiger partial charge in [0, 0.05) is 31.2 Å². The van der Waals surface area contributed by atoms with E-state index in [9.17, 15) is 9.50 Å². The fourth-order valence-corrected chi connectivity index (χ4v) is 3.29. The summed E-state index contributed by atoms with van der Waals surface area (Å²) in [7, 11) is 0. The van der Waals surface area contributed by atoms with Crippen LogP contribution in [0.5, 0.6) is 5.75 Å². The summed E-state index contributed by atoms with van der Waals surface area (Å²) in [5.74, 6) is -0.708. The number of phenolic OH excluding ortho intramolecular Hbond substituents is 1. The highest BCUT2D eigenvalue weighted by molar-refractivity contribution is 5.33. The molecule has 0 saturated carbocycles. The van der Waals surface area contributed by atoms with E-state index in [1.165, 1.54) is 38.4 Å². The largest absolute Gasteiger partial charge is 0.505 e. The number of hydrogen-bond donors (Lipinski definition) is 1. The highest BCUT2D eigenvalue weighted by atomic mass is 19.1. The molecule has 1 N–H and O–H groups in total. The first kappa shape index (κ1) is 12.9. The number of phenols is 1. The van der Waals surface area contributed by atoms with Crippen LogP contribution < -0.4 is 0 Å². The van der Waals surface area contributed by atoms with E-state index in [0.29, 0.717) is 18.2 Å². The van der Waals surface area contributed by atoms with Gasteiger partial charge >= 0.3 is 0 Å². The van der Waals surface area contributed by atoms with E-state index in [1.54, 1.807) is 6.07 Å². The predicted molar refractivity (Wildman–Crippen MR) is 72.6 cm³/mol. The molecule has 2 aliphatic rings. The molecule has 4 heteroatoms. The fraction of sp³-hybridized carbons (Fsp3) is 0.600. The highest BCUT2D eigenvalue weighted by Crippen LogP contribution is 2.26. The van der Waals surface area contributed by atoms with Gasteiger partial charge in [-0.15, -0.1) is 0 Å². The normalized spacial score (nSPS) is 25.2. The molecule has 2 heterocycles. The van der Waals surface area contributed by atoms with E-state index in [4.69, 9.17) is 0 Å². The second-order valence-electron chi connectivity index (χ2n) is 5.67. The first-order valence-corrected chi connectivity index (χ1v) is 7.17. The lowest BCUT2D eigenvalue weighted by molar-refractivity contribution is 0.229. The molecule has 1 unspecified atom stereocenters. The number of halogens is 1. The summed E-state index contributed by atoms with van der Waals surface area (Å²) in [5, 5.41) is 9.72. The molecule has 0 amide bonds. The molecule has 1 aromatic rings. The maximum Gasteiger partial charge on any atom is 0.165 e. The number of hydrogen-bond acceptors (Lipinski definition) is 3. The molecule has 3 rings (SSSR count). The lowest BCUT2D eigenvalue weighted by Crippen LogP contribution is -2.35. The number of para-hydroxylation sites is 1. The summed E-state index contributed by atoms with van der Waals surface area (Å²) in [6.07, 6.45) is 3.83. The van der Waals surface area contributed by atoms with Crippen molar-refractivity contribution < 1.29 is 9.50 Å². The Hall–Kier alpha value is -1.13. The van der Waals surface area contributed by atoms with Crippen molar-refractivity contribution >= 4 is 0 Å². The summed E-state index contributed by atoms with van der Waals surface area (Å²) < 4.78 is 13.3. The Morgan fingerprint density at radius 1 is 1.21 bits per heavy atom. The van der Waals surface area contributed by atoms with E-state index in [1.807, 2.05) is 6.07 Å². The van der Waals surface area contributed by atoms with Gasteiger partial charge in [-0.2, -0.15) is 0 Å². The van der Waals surface area contributed by atoms with Gasteiger partial charge in [0.1, 0.15) is 0 Å².